The molecule has 1 atom stereocenters. The number of aliphatic carboxylic acids is 1. The number of carbonyl (C=O) groups excluding carboxylic acids is 1. The lowest BCUT2D eigenvalue weighted by atomic mass is 10.1. The molecule has 0 aromatic carbocycles. The number of carboxylic acids is 1. The molecule has 1 rings (SSSR count). The smallest absolute Gasteiger partial charge is 0.304 e. The van der Waals surface area contributed by atoms with Crippen LogP contribution in [-0.4, -0.2) is 65.5 Å². The predicted molar refractivity (Wildman–Crippen MR) is 68.2 cm³/mol. The van der Waals surface area contributed by atoms with Crippen LogP contribution in [0.2, 0.25) is 0 Å². The lowest BCUT2D eigenvalue weighted by Gasteiger charge is -2.35. The fourth-order valence-corrected chi connectivity index (χ4v) is 2.11. The van der Waals surface area contributed by atoms with Crippen LogP contribution in [0.15, 0.2) is 0 Å². The number of amides is 1. The van der Waals surface area contributed by atoms with Crippen molar-refractivity contribution in [2.75, 3.05) is 32.7 Å². The standard InChI is InChI=1S/C12H23N3O3/c1-2-3-10(13)12(18)15-8-6-14(7-9-15)5-4-11(16)17/h10H,2-9,13H2,1H3,(H,16,17)/t10-/m1/s1. The number of nitrogens with two attached hydrogens (primary N) is 1. The topological polar surface area (TPSA) is 86.9 Å². The molecule has 0 aromatic heterocycles. The first-order valence-electron chi connectivity index (χ1n) is 6.53. The van der Waals surface area contributed by atoms with Crippen LogP contribution in [0.4, 0.5) is 0 Å². The third-order valence-corrected chi connectivity index (χ3v) is 3.24. The molecule has 3 N–H and O–H groups in total. The van der Waals surface area contributed by atoms with Gasteiger partial charge in [0.1, 0.15) is 0 Å². The Hall–Kier alpha value is -1.14. The molecule has 0 aliphatic carbocycles. The summed E-state index contributed by atoms with van der Waals surface area (Å²) in [5.74, 6) is -0.756. The zero-order chi connectivity index (χ0) is 13.5. The number of rotatable bonds is 6. The van der Waals surface area contributed by atoms with Gasteiger partial charge < -0.3 is 15.7 Å². The molecule has 0 aromatic rings. The van der Waals surface area contributed by atoms with E-state index in [-0.39, 0.29) is 18.4 Å². The summed E-state index contributed by atoms with van der Waals surface area (Å²) >= 11 is 0. The van der Waals surface area contributed by atoms with Crippen molar-refractivity contribution in [2.24, 2.45) is 5.73 Å². The highest BCUT2D eigenvalue weighted by Crippen LogP contribution is 2.06. The van der Waals surface area contributed by atoms with E-state index in [2.05, 4.69) is 4.90 Å². The average Bonchev–Trinajstić information content (AvgIpc) is 2.36. The minimum absolute atomic E-state index is 0.0229. The van der Waals surface area contributed by atoms with Crippen LogP contribution >= 0.6 is 0 Å². The summed E-state index contributed by atoms with van der Waals surface area (Å²) in [5, 5.41) is 8.61. The Bertz CT molecular complexity index is 288. The molecule has 18 heavy (non-hydrogen) atoms. The SMILES string of the molecule is CCC[C@@H](N)C(=O)N1CCN(CCC(=O)O)CC1. The molecule has 1 aliphatic rings. The highest BCUT2D eigenvalue weighted by molar-refractivity contribution is 5.81. The molecule has 0 saturated carbocycles. The van der Waals surface area contributed by atoms with Crippen LogP contribution in [0, 0.1) is 0 Å². The number of piperazine rings is 1. The third kappa shape index (κ3) is 4.62. The van der Waals surface area contributed by atoms with Crippen LogP contribution in [0.25, 0.3) is 0 Å². The van der Waals surface area contributed by atoms with Crippen LogP contribution < -0.4 is 5.73 Å². The maximum atomic E-state index is 11.9. The van der Waals surface area contributed by atoms with Gasteiger partial charge in [-0.25, -0.2) is 0 Å². The maximum Gasteiger partial charge on any atom is 0.304 e. The number of carbonyl (C=O) groups is 2. The fourth-order valence-electron chi connectivity index (χ4n) is 2.11. The second-order valence-corrected chi connectivity index (χ2v) is 4.71. The van der Waals surface area contributed by atoms with Gasteiger partial charge >= 0.3 is 5.97 Å². The Kier molecular flexibility index (Phi) is 6.07. The third-order valence-electron chi connectivity index (χ3n) is 3.24. The van der Waals surface area contributed by atoms with E-state index in [1.54, 1.807) is 4.90 Å². The van der Waals surface area contributed by atoms with E-state index in [1.807, 2.05) is 6.92 Å². The van der Waals surface area contributed by atoms with Crippen molar-refractivity contribution in [2.45, 2.75) is 32.2 Å². The van der Waals surface area contributed by atoms with Gasteiger partial charge in [0.2, 0.25) is 5.91 Å². The number of nitrogens with zero attached hydrogens (tertiary/aromatic N) is 2. The van der Waals surface area contributed by atoms with Crippen molar-refractivity contribution in [3.8, 4) is 0 Å². The van der Waals surface area contributed by atoms with Crippen molar-refractivity contribution in [3.63, 3.8) is 0 Å². The van der Waals surface area contributed by atoms with Gasteiger partial charge in [-0.2, -0.15) is 0 Å². The van der Waals surface area contributed by atoms with E-state index in [1.165, 1.54) is 0 Å². The minimum Gasteiger partial charge on any atom is -0.481 e. The quantitative estimate of drug-likeness (QED) is 0.684. The maximum absolute atomic E-state index is 11.9. The van der Waals surface area contributed by atoms with Crippen molar-refractivity contribution >= 4 is 11.9 Å². The van der Waals surface area contributed by atoms with Crippen LogP contribution in [0.1, 0.15) is 26.2 Å². The number of hydrogen-bond donors (Lipinski definition) is 2. The van der Waals surface area contributed by atoms with E-state index < -0.39 is 5.97 Å². The van der Waals surface area contributed by atoms with E-state index >= 15 is 0 Å². The zero-order valence-electron chi connectivity index (χ0n) is 11.0. The van der Waals surface area contributed by atoms with Gasteiger partial charge in [0, 0.05) is 32.7 Å². The summed E-state index contributed by atoms with van der Waals surface area (Å²) < 4.78 is 0. The highest BCUT2D eigenvalue weighted by Gasteiger charge is 2.24. The molecule has 0 radical (unpaired) electrons. The summed E-state index contributed by atoms with van der Waals surface area (Å²) in [6.45, 7) is 5.33. The summed E-state index contributed by atoms with van der Waals surface area (Å²) in [7, 11) is 0. The molecule has 1 amide bonds. The summed E-state index contributed by atoms with van der Waals surface area (Å²) in [6, 6.07) is -0.388. The lowest BCUT2D eigenvalue weighted by molar-refractivity contribution is -0.138. The molecule has 0 bridgehead atoms. The molecule has 0 spiro atoms. The molecule has 1 aliphatic heterocycles. The normalized spacial score (nSPS) is 18.7. The Morgan fingerprint density at radius 3 is 2.39 bits per heavy atom. The molecule has 6 heteroatoms. The van der Waals surface area contributed by atoms with Gasteiger partial charge in [0.25, 0.3) is 0 Å². The summed E-state index contributed by atoms with van der Waals surface area (Å²) in [5.41, 5.74) is 5.81. The Morgan fingerprint density at radius 1 is 1.28 bits per heavy atom. The highest BCUT2D eigenvalue weighted by atomic mass is 16.4. The predicted octanol–water partition coefficient (Wildman–Crippen LogP) is -0.267. The van der Waals surface area contributed by atoms with Crippen molar-refractivity contribution in [1.29, 1.82) is 0 Å². The molecule has 1 saturated heterocycles. The first kappa shape index (κ1) is 14.9. The average molecular weight is 257 g/mol. The fraction of sp³-hybridized carbons (Fsp3) is 0.833. The van der Waals surface area contributed by atoms with Crippen molar-refractivity contribution < 1.29 is 14.7 Å². The number of hydrogen-bond acceptors (Lipinski definition) is 4. The van der Waals surface area contributed by atoms with Crippen LogP contribution in [0.5, 0.6) is 0 Å². The molecular weight excluding hydrogens is 234 g/mol. The summed E-state index contributed by atoms with van der Waals surface area (Å²) in [6.07, 6.45) is 1.78. The molecule has 1 heterocycles. The Balaban J connectivity index is 2.30. The van der Waals surface area contributed by atoms with Gasteiger partial charge in [-0.3, -0.25) is 14.5 Å². The van der Waals surface area contributed by atoms with Gasteiger partial charge in [0.15, 0.2) is 0 Å². The van der Waals surface area contributed by atoms with E-state index in [0.717, 1.165) is 25.9 Å². The van der Waals surface area contributed by atoms with Gasteiger partial charge in [-0.15, -0.1) is 0 Å². The van der Waals surface area contributed by atoms with Gasteiger partial charge in [-0.05, 0) is 6.42 Å². The Morgan fingerprint density at radius 2 is 1.89 bits per heavy atom. The second-order valence-electron chi connectivity index (χ2n) is 4.71. The molecule has 104 valence electrons. The van der Waals surface area contributed by atoms with Crippen LogP contribution in [-0.2, 0) is 9.59 Å². The second kappa shape index (κ2) is 7.33. The Labute approximate surface area is 108 Å². The van der Waals surface area contributed by atoms with E-state index in [0.29, 0.717) is 19.6 Å². The number of carboxylic acid groups (broad SMARTS) is 1. The van der Waals surface area contributed by atoms with E-state index in [9.17, 15) is 9.59 Å². The molecule has 6 nitrogen and oxygen atoms in total. The minimum atomic E-state index is -0.779. The van der Waals surface area contributed by atoms with Gasteiger partial charge in [-0.1, -0.05) is 13.3 Å². The van der Waals surface area contributed by atoms with Crippen LogP contribution in [0.3, 0.4) is 0 Å². The zero-order valence-corrected chi connectivity index (χ0v) is 11.0. The summed E-state index contributed by atoms with van der Waals surface area (Å²) in [4.78, 5) is 26.3. The lowest BCUT2D eigenvalue weighted by Crippen LogP contribution is -2.53. The van der Waals surface area contributed by atoms with Gasteiger partial charge in [0.05, 0.1) is 12.5 Å². The molecule has 0 unspecified atom stereocenters. The monoisotopic (exact) mass is 257 g/mol. The first-order valence-corrected chi connectivity index (χ1v) is 6.53. The van der Waals surface area contributed by atoms with Crippen molar-refractivity contribution in [1.82, 2.24) is 9.80 Å². The van der Waals surface area contributed by atoms with E-state index in [4.69, 9.17) is 10.8 Å². The van der Waals surface area contributed by atoms with Crippen molar-refractivity contribution in [3.05, 3.63) is 0 Å². The molecule has 1 fully saturated rings. The largest absolute Gasteiger partial charge is 0.481 e. The molecular formula is C12H23N3O3. The first-order chi connectivity index (χ1) is 8.54.